The first-order chi connectivity index (χ1) is 7.01. The second kappa shape index (κ2) is 3.54. The minimum absolute atomic E-state index is 0.113. The molecule has 0 bridgehead atoms. The van der Waals surface area contributed by atoms with Crippen molar-refractivity contribution in [1.29, 1.82) is 0 Å². The summed E-state index contributed by atoms with van der Waals surface area (Å²) < 4.78 is 16.6. The predicted octanol–water partition coefficient (Wildman–Crippen LogP) is 0.986. The number of fused-ring (bicyclic) bond motifs is 1. The predicted molar refractivity (Wildman–Crippen MR) is 53.3 cm³/mol. The first-order valence-corrected chi connectivity index (χ1v) is 5.32. The Morgan fingerprint density at radius 3 is 2.60 bits per heavy atom. The van der Waals surface area contributed by atoms with E-state index in [0.717, 1.165) is 6.29 Å². The molecule has 86 valence electrons. The molecular formula is C11H18O4. The quantitative estimate of drug-likeness (QED) is 0.643. The Hall–Kier alpha value is -0.450. The van der Waals surface area contributed by atoms with Gasteiger partial charge in [-0.2, -0.15) is 0 Å². The van der Waals surface area contributed by atoms with E-state index in [-0.39, 0.29) is 23.5 Å². The molecular weight excluding hydrogens is 196 g/mol. The molecule has 5 atom stereocenters. The van der Waals surface area contributed by atoms with Gasteiger partial charge in [0.15, 0.2) is 6.29 Å². The molecule has 2 fully saturated rings. The van der Waals surface area contributed by atoms with Crippen LogP contribution in [0.15, 0.2) is 0 Å². The van der Waals surface area contributed by atoms with Gasteiger partial charge in [-0.25, -0.2) is 0 Å². The highest BCUT2D eigenvalue weighted by atomic mass is 16.7. The number of ether oxygens (including phenoxy) is 3. The lowest BCUT2D eigenvalue weighted by molar-refractivity contribution is -0.182. The summed E-state index contributed by atoms with van der Waals surface area (Å²) in [7, 11) is 1.58. The van der Waals surface area contributed by atoms with Gasteiger partial charge in [-0.15, -0.1) is 0 Å². The molecule has 15 heavy (non-hydrogen) atoms. The highest BCUT2D eigenvalue weighted by Gasteiger charge is 2.58. The van der Waals surface area contributed by atoms with Gasteiger partial charge in [0.25, 0.3) is 0 Å². The van der Waals surface area contributed by atoms with Crippen molar-refractivity contribution in [2.75, 3.05) is 7.11 Å². The standard InChI is InChI=1S/C11H18O4/c1-6-8-7(5-12)14-10(13-4)9(8)15-11(6,2)3/h5-10H,1-4H3/t6?,7-,8?,9?,10-/m1/s1. The first-order valence-electron chi connectivity index (χ1n) is 5.32. The third kappa shape index (κ3) is 1.51. The van der Waals surface area contributed by atoms with Crippen LogP contribution in [0.3, 0.4) is 0 Å². The number of carbonyl (C=O) groups is 1. The van der Waals surface area contributed by atoms with E-state index < -0.39 is 12.4 Å². The molecule has 0 radical (unpaired) electrons. The molecule has 2 heterocycles. The van der Waals surface area contributed by atoms with E-state index >= 15 is 0 Å². The van der Waals surface area contributed by atoms with Gasteiger partial charge in [0.2, 0.25) is 0 Å². The topological polar surface area (TPSA) is 44.8 Å². The zero-order valence-corrected chi connectivity index (χ0v) is 9.60. The number of hydrogen-bond acceptors (Lipinski definition) is 4. The summed E-state index contributed by atoms with van der Waals surface area (Å²) in [6, 6.07) is 0. The number of carbonyl (C=O) groups excluding carboxylic acids is 1. The number of aldehydes is 1. The summed E-state index contributed by atoms with van der Waals surface area (Å²) in [5, 5.41) is 0. The molecule has 0 aliphatic carbocycles. The summed E-state index contributed by atoms with van der Waals surface area (Å²) in [6.45, 7) is 6.19. The monoisotopic (exact) mass is 214 g/mol. The Kier molecular flexibility index (Phi) is 2.61. The molecule has 4 nitrogen and oxygen atoms in total. The maximum absolute atomic E-state index is 10.9. The van der Waals surface area contributed by atoms with Crippen LogP contribution in [0.2, 0.25) is 0 Å². The SMILES string of the molecule is CO[C@@H]1O[C@H](C=O)C2C1OC(C)(C)C2C. The fraction of sp³-hybridized carbons (Fsp3) is 0.909. The van der Waals surface area contributed by atoms with Crippen molar-refractivity contribution >= 4 is 6.29 Å². The van der Waals surface area contributed by atoms with Crippen LogP contribution in [0.1, 0.15) is 20.8 Å². The normalized spacial score (nSPS) is 47.9. The van der Waals surface area contributed by atoms with Crippen LogP contribution in [-0.2, 0) is 19.0 Å². The molecule has 0 aromatic carbocycles. The Balaban J connectivity index is 2.25. The highest BCUT2D eigenvalue weighted by Crippen LogP contribution is 2.47. The minimum Gasteiger partial charge on any atom is -0.366 e. The second-order valence-corrected chi connectivity index (χ2v) is 4.89. The molecule has 4 heteroatoms. The lowest BCUT2D eigenvalue weighted by Gasteiger charge is -2.27. The Labute approximate surface area is 89.9 Å². The van der Waals surface area contributed by atoms with Gasteiger partial charge >= 0.3 is 0 Å². The molecule has 2 saturated heterocycles. The summed E-state index contributed by atoms with van der Waals surface area (Å²) >= 11 is 0. The fourth-order valence-electron chi connectivity index (χ4n) is 2.63. The van der Waals surface area contributed by atoms with Gasteiger partial charge in [-0.3, -0.25) is 0 Å². The molecule has 2 aliphatic heterocycles. The van der Waals surface area contributed by atoms with E-state index in [9.17, 15) is 4.79 Å². The van der Waals surface area contributed by atoms with Gasteiger partial charge in [0, 0.05) is 13.0 Å². The third-order valence-electron chi connectivity index (χ3n) is 3.80. The molecule has 0 aromatic heterocycles. The van der Waals surface area contributed by atoms with Crippen molar-refractivity contribution in [3.8, 4) is 0 Å². The zero-order chi connectivity index (χ0) is 11.2. The number of rotatable bonds is 2. The minimum atomic E-state index is -0.408. The van der Waals surface area contributed by atoms with Crippen molar-refractivity contribution in [2.24, 2.45) is 11.8 Å². The van der Waals surface area contributed by atoms with Crippen LogP contribution < -0.4 is 0 Å². The zero-order valence-electron chi connectivity index (χ0n) is 9.60. The van der Waals surface area contributed by atoms with Crippen molar-refractivity contribution in [3.05, 3.63) is 0 Å². The first kappa shape index (κ1) is 11.0. The molecule has 3 unspecified atom stereocenters. The average Bonchev–Trinajstić information content (AvgIpc) is 2.63. The van der Waals surface area contributed by atoms with Crippen molar-refractivity contribution in [2.45, 2.75) is 44.9 Å². The fourth-order valence-corrected chi connectivity index (χ4v) is 2.63. The Morgan fingerprint density at radius 1 is 1.40 bits per heavy atom. The lowest BCUT2D eigenvalue weighted by Crippen LogP contribution is -2.33. The summed E-state index contributed by atoms with van der Waals surface area (Å²) in [5.74, 6) is 0.403. The van der Waals surface area contributed by atoms with Crippen LogP contribution >= 0.6 is 0 Å². The van der Waals surface area contributed by atoms with E-state index in [0.29, 0.717) is 0 Å². The van der Waals surface area contributed by atoms with Crippen LogP contribution in [0.25, 0.3) is 0 Å². The molecule has 0 N–H and O–H groups in total. The van der Waals surface area contributed by atoms with E-state index in [2.05, 4.69) is 6.92 Å². The molecule has 2 rings (SSSR count). The summed E-state index contributed by atoms with van der Waals surface area (Å²) in [4.78, 5) is 10.9. The van der Waals surface area contributed by atoms with Gasteiger partial charge in [-0.1, -0.05) is 6.92 Å². The Morgan fingerprint density at radius 2 is 2.07 bits per heavy atom. The van der Waals surface area contributed by atoms with Gasteiger partial charge in [0.1, 0.15) is 18.5 Å². The van der Waals surface area contributed by atoms with E-state index in [4.69, 9.17) is 14.2 Å². The van der Waals surface area contributed by atoms with E-state index in [1.807, 2.05) is 13.8 Å². The average molecular weight is 214 g/mol. The maximum atomic E-state index is 10.9. The molecule has 0 aromatic rings. The maximum Gasteiger partial charge on any atom is 0.184 e. The van der Waals surface area contributed by atoms with Crippen molar-refractivity contribution < 1.29 is 19.0 Å². The van der Waals surface area contributed by atoms with E-state index in [1.54, 1.807) is 7.11 Å². The van der Waals surface area contributed by atoms with Crippen LogP contribution in [-0.4, -0.2) is 37.5 Å². The van der Waals surface area contributed by atoms with Gasteiger partial charge in [-0.05, 0) is 19.8 Å². The summed E-state index contributed by atoms with van der Waals surface area (Å²) in [6.07, 6.45) is -0.0563. The van der Waals surface area contributed by atoms with Crippen LogP contribution in [0.4, 0.5) is 0 Å². The number of methoxy groups -OCH3 is 1. The van der Waals surface area contributed by atoms with Crippen molar-refractivity contribution in [1.82, 2.24) is 0 Å². The molecule has 0 amide bonds. The summed E-state index contributed by atoms with van der Waals surface area (Å²) in [5.41, 5.74) is -0.211. The number of hydrogen-bond donors (Lipinski definition) is 0. The molecule has 0 saturated carbocycles. The van der Waals surface area contributed by atoms with E-state index in [1.165, 1.54) is 0 Å². The largest absolute Gasteiger partial charge is 0.366 e. The highest BCUT2D eigenvalue weighted by molar-refractivity contribution is 5.58. The third-order valence-corrected chi connectivity index (χ3v) is 3.80. The lowest BCUT2D eigenvalue weighted by atomic mass is 9.81. The molecule has 2 aliphatic rings. The van der Waals surface area contributed by atoms with Crippen molar-refractivity contribution in [3.63, 3.8) is 0 Å². The van der Waals surface area contributed by atoms with Gasteiger partial charge in [0.05, 0.1) is 5.60 Å². The molecule has 0 spiro atoms. The van der Waals surface area contributed by atoms with Gasteiger partial charge < -0.3 is 19.0 Å². The van der Waals surface area contributed by atoms with Crippen LogP contribution in [0.5, 0.6) is 0 Å². The smallest absolute Gasteiger partial charge is 0.184 e. The second-order valence-electron chi connectivity index (χ2n) is 4.89. The Bertz CT molecular complexity index is 263. The van der Waals surface area contributed by atoms with Crippen LogP contribution in [0, 0.1) is 11.8 Å².